The average Bonchev–Trinajstić information content (AvgIpc) is 2.42. The van der Waals surface area contributed by atoms with Crippen LogP contribution in [-0.2, 0) is 14.6 Å². The first-order valence-electron chi connectivity index (χ1n) is 6.79. The lowest BCUT2D eigenvalue weighted by Gasteiger charge is -2.12. The summed E-state index contributed by atoms with van der Waals surface area (Å²) in [4.78, 5) is 11.9. The topological polar surface area (TPSA) is 98.5 Å². The number of ether oxygens (including phenoxy) is 1. The van der Waals surface area contributed by atoms with Gasteiger partial charge in [-0.05, 0) is 25.0 Å². The third kappa shape index (κ3) is 7.10. The first-order chi connectivity index (χ1) is 9.81. The highest BCUT2D eigenvalue weighted by atomic mass is 32.2. The minimum absolute atomic E-state index is 0.0939. The zero-order chi connectivity index (χ0) is 15.9. The molecule has 1 aromatic carbocycles. The number of hydrogen-bond acceptors (Lipinski definition) is 5. The van der Waals surface area contributed by atoms with Gasteiger partial charge >= 0.3 is 0 Å². The van der Waals surface area contributed by atoms with Crippen LogP contribution in [0.3, 0.4) is 0 Å². The standard InChI is InChI=1S/C14H22N2O4S/c1-3-8-20-12-6-4-5-11(10-12)16-14(17)13(15)7-9-21(2,18)19/h4-6,10,13H,3,7-9,15H2,1-2H3,(H,16,17). The number of nitrogens with two attached hydrogens (primary N) is 1. The van der Waals surface area contributed by atoms with Crippen LogP contribution in [0, 0.1) is 0 Å². The van der Waals surface area contributed by atoms with Gasteiger partial charge in [-0.25, -0.2) is 8.42 Å². The molecular formula is C14H22N2O4S. The fraction of sp³-hybridized carbons (Fsp3) is 0.500. The van der Waals surface area contributed by atoms with Crippen LogP contribution in [-0.4, -0.2) is 39.0 Å². The molecule has 0 saturated carbocycles. The van der Waals surface area contributed by atoms with Crippen molar-refractivity contribution >= 4 is 21.4 Å². The van der Waals surface area contributed by atoms with Crippen molar-refractivity contribution in [2.24, 2.45) is 5.73 Å². The van der Waals surface area contributed by atoms with E-state index in [9.17, 15) is 13.2 Å². The molecule has 1 rings (SSSR count). The normalized spacial score (nSPS) is 12.7. The number of anilines is 1. The first-order valence-corrected chi connectivity index (χ1v) is 8.85. The Morgan fingerprint density at radius 1 is 1.43 bits per heavy atom. The Balaban J connectivity index is 2.57. The molecule has 0 spiro atoms. The Labute approximate surface area is 125 Å². The molecule has 7 heteroatoms. The van der Waals surface area contributed by atoms with E-state index in [1.54, 1.807) is 24.3 Å². The molecule has 1 atom stereocenters. The van der Waals surface area contributed by atoms with E-state index in [2.05, 4.69) is 5.32 Å². The summed E-state index contributed by atoms with van der Waals surface area (Å²) in [5.74, 6) is 0.145. The van der Waals surface area contributed by atoms with Gasteiger partial charge in [0.2, 0.25) is 5.91 Å². The Kier molecular flexibility index (Phi) is 6.64. The highest BCUT2D eigenvalue weighted by Crippen LogP contribution is 2.17. The summed E-state index contributed by atoms with van der Waals surface area (Å²) in [6.45, 7) is 2.61. The van der Waals surface area contributed by atoms with Crippen LogP contribution in [0.15, 0.2) is 24.3 Å². The van der Waals surface area contributed by atoms with Gasteiger partial charge in [-0.3, -0.25) is 4.79 Å². The number of amides is 1. The van der Waals surface area contributed by atoms with Gasteiger partial charge in [0.1, 0.15) is 15.6 Å². The van der Waals surface area contributed by atoms with Crippen molar-refractivity contribution in [3.05, 3.63) is 24.3 Å². The van der Waals surface area contributed by atoms with Crippen LogP contribution in [0.1, 0.15) is 19.8 Å². The lowest BCUT2D eigenvalue weighted by molar-refractivity contribution is -0.117. The van der Waals surface area contributed by atoms with E-state index in [1.807, 2.05) is 6.92 Å². The molecule has 0 heterocycles. The van der Waals surface area contributed by atoms with Gasteiger partial charge < -0.3 is 15.8 Å². The van der Waals surface area contributed by atoms with Crippen LogP contribution >= 0.6 is 0 Å². The van der Waals surface area contributed by atoms with E-state index in [0.717, 1.165) is 12.7 Å². The average molecular weight is 314 g/mol. The molecule has 1 amide bonds. The molecule has 6 nitrogen and oxygen atoms in total. The van der Waals surface area contributed by atoms with Crippen LogP contribution in [0.4, 0.5) is 5.69 Å². The van der Waals surface area contributed by atoms with Gasteiger partial charge in [0.05, 0.1) is 18.4 Å². The molecule has 0 aliphatic rings. The Bertz CT molecular complexity index is 572. The number of rotatable bonds is 8. The maximum Gasteiger partial charge on any atom is 0.241 e. The molecule has 0 aliphatic heterocycles. The van der Waals surface area contributed by atoms with Crippen molar-refractivity contribution in [2.45, 2.75) is 25.8 Å². The minimum atomic E-state index is -3.12. The summed E-state index contributed by atoms with van der Waals surface area (Å²) >= 11 is 0. The van der Waals surface area contributed by atoms with E-state index in [1.165, 1.54) is 0 Å². The maximum absolute atomic E-state index is 11.9. The smallest absolute Gasteiger partial charge is 0.241 e. The number of sulfone groups is 1. The maximum atomic E-state index is 11.9. The van der Waals surface area contributed by atoms with Crippen LogP contribution in [0.25, 0.3) is 0 Å². The molecule has 0 fully saturated rings. The van der Waals surface area contributed by atoms with Crippen molar-refractivity contribution in [2.75, 3.05) is 23.9 Å². The van der Waals surface area contributed by atoms with Crippen LogP contribution in [0.2, 0.25) is 0 Å². The zero-order valence-corrected chi connectivity index (χ0v) is 13.2. The monoisotopic (exact) mass is 314 g/mol. The quantitative estimate of drug-likeness (QED) is 0.750. The van der Waals surface area contributed by atoms with Crippen molar-refractivity contribution < 1.29 is 17.9 Å². The van der Waals surface area contributed by atoms with E-state index in [4.69, 9.17) is 10.5 Å². The third-order valence-electron chi connectivity index (χ3n) is 2.71. The summed E-state index contributed by atoms with van der Waals surface area (Å²) in [6, 6.07) is 6.13. The molecule has 118 valence electrons. The number of carbonyl (C=O) groups excluding carboxylic acids is 1. The molecule has 0 aliphatic carbocycles. The lowest BCUT2D eigenvalue weighted by Crippen LogP contribution is -2.37. The first kappa shape index (κ1) is 17.5. The van der Waals surface area contributed by atoms with Gasteiger partial charge in [-0.1, -0.05) is 13.0 Å². The molecule has 0 radical (unpaired) electrons. The molecule has 1 aromatic rings. The number of nitrogens with one attached hydrogen (secondary N) is 1. The van der Waals surface area contributed by atoms with E-state index in [0.29, 0.717) is 18.0 Å². The predicted molar refractivity (Wildman–Crippen MR) is 83.2 cm³/mol. The second-order valence-electron chi connectivity index (χ2n) is 4.89. The van der Waals surface area contributed by atoms with Crippen molar-refractivity contribution in [3.8, 4) is 5.75 Å². The van der Waals surface area contributed by atoms with Gasteiger partial charge in [0.15, 0.2) is 0 Å². The van der Waals surface area contributed by atoms with Crippen LogP contribution < -0.4 is 15.8 Å². The third-order valence-corrected chi connectivity index (χ3v) is 3.69. The van der Waals surface area contributed by atoms with Crippen molar-refractivity contribution in [3.63, 3.8) is 0 Å². The lowest BCUT2D eigenvalue weighted by atomic mass is 10.2. The van der Waals surface area contributed by atoms with E-state index in [-0.39, 0.29) is 12.2 Å². The summed E-state index contributed by atoms with van der Waals surface area (Å²) in [5.41, 5.74) is 6.26. The van der Waals surface area contributed by atoms with Gasteiger partial charge in [0, 0.05) is 18.0 Å². The summed E-state index contributed by atoms with van der Waals surface area (Å²) in [6.07, 6.45) is 2.11. The van der Waals surface area contributed by atoms with Gasteiger partial charge in [0.25, 0.3) is 0 Å². The number of benzene rings is 1. The Morgan fingerprint density at radius 3 is 2.76 bits per heavy atom. The van der Waals surface area contributed by atoms with E-state index < -0.39 is 21.8 Å². The predicted octanol–water partition coefficient (Wildman–Crippen LogP) is 1.18. The molecule has 0 aromatic heterocycles. The SMILES string of the molecule is CCCOc1cccc(NC(=O)C(N)CCS(C)(=O)=O)c1. The van der Waals surface area contributed by atoms with Crippen molar-refractivity contribution in [1.29, 1.82) is 0 Å². The summed E-state index contributed by atoms with van der Waals surface area (Å²) in [5, 5.41) is 2.66. The highest BCUT2D eigenvalue weighted by Gasteiger charge is 2.16. The highest BCUT2D eigenvalue weighted by molar-refractivity contribution is 7.90. The van der Waals surface area contributed by atoms with Gasteiger partial charge in [-0.15, -0.1) is 0 Å². The molecule has 1 unspecified atom stereocenters. The fourth-order valence-corrected chi connectivity index (χ4v) is 2.27. The molecule has 3 N–H and O–H groups in total. The summed E-state index contributed by atoms with van der Waals surface area (Å²) < 4.78 is 27.6. The van der Waals surface area contributed by atoms with E-state index >= 15 is 0 Å². The van der Waals surface area contributed by atoms with Crippen molar-refractivity contribution in [1.82, 2.24) is 0 Å². The molecular weight excluding hydrogens is 292 g/mol. The molecule has 0 saturated heterocycles. The molecule has 21 heavy (non-hydrogen) atoms. The summed E-state index contributed by atoms with van der Waals surface area (Å²) in [7, 11) is -3.12. The largest absolute Gasteiger partial charge is 0.494 e. The molecule has 0 bridgehead atoms. The second kappa shape index (κ2) is 7.99. The second-order valence-corrected chi connectivity index (χ2v) is 7.15. The van der Waals surface area contributed by atoms with Crippen LogP contribution in [0.5, 0.6) is 5.75 Å². The zero-order valence-electron chi connectivity index (χ0n) is 12.3. The minimum Gasteiger partial charge on any atom is -0.494 e. The fourth-order valence-electron chi connectivity index (χ4n) is 1.59. The Hall–Kier alpha value is -1.60. The number of carbonyl (C=O) groups is 1. The Morgan fingerprint density at radius 2 is 2.14 bits per heavy atom. The number of hydrogen-bond donors (Lipinski definition) is 2. The van der Waals surface area contributed by atoms with Gasteiger partial charge in [-0.2, -0.15) is 0 Å².